The van der Waals surface area contributed by atoms with Crippen LogP contribution in [0, 0.1) is 19.7 Å². The summed E-state index contributed by atoms with van der Waals surface area (Å²) in [6.07, 6.45) is 1.19. The van der Waals surface area contributed by atoms with Gasteiger partial charge in [-0.25, -0.2) is 14.2 Å². The highest BCUT2D eigenvalue weighted by Gasteiger charge is 2.21. The van der Waals surface area contributed by atoms with Crippen LogP contribution in [0.3, 0.4) is 0 Å². The number of hydrogen-bond acceptors (Lipinski definition) is 6. The summed E-state index contributed by atoms with van der Waals surface area (Å²) in [5.74, 6) is -1.53. The third-order valence-corrected chi connectivity index (χ3v) is 5.25. The number of carbonyl (C=O) groups excluding carboxylic acids is 2. The highest BCUT2D eigenvalue weighted by molar-refractivity contribution is 7.16. The van der Waals surface area contributed by atoms with E-state index >= 15 is 0 Å². The summed E-state index contributed by atoms with van der Waals surface area (Å²) >= 11 is 1.25. The highest BCUT2D eigenvalue weighted by atomic mass is 32.1. The van der Waals surface area contributed by atoms with Crippen LogP contribution in [0.25, 0.3) is 10.9 Å². The van der Waals surface area contributed by atoms with Crippen molar-refractivity contribution in [3.63, 3.8) is 0 Å². The molecule has 0 aliphatic heterocycles. The van der Waals surface area contributed by atoms with Crippen molar-refractivity contribution in [2.45, 2.75) is 20.4 Å². The molecule has 0 aliphatic carbocycles. The number of fused-ring (bicyclic) bond motifs is 1. The van der Waals surface area contributed by atoms with Crippen molar-refractivity contribution in [1.82, 2.24) is 9.55 Å². The van der Waals surface area contributed by atoms with E-state index in [-0.39, 0.29) is 17.4 Å². The molecule has 27 heavy (non-hydrogen) atoms. The summed E-state index contributed by atoms with van der Waals surface area (Å²) in [4.78, 5) is 41.7. The number of carbonyl (C=O) groups is 2. The summed E-state index contributed by atoms with van der Waals surface area (Å²) < 4.78 is 19.1. The standard InChI is InChI=1S/C18H16FN3O4S/c1-9-10(2)27-16(15(9)18(25)26-3)21-14(23)7-22-8-20-13-6-11(19)4-5-12(13)17(22)24/h4-6,8H,7H2,1-3H3,(H,21,23). The van der Waals surface area contributed by atoms with E-state index in [0.29, 0.717) is 10.6 Å². The highest BCUT2D eigenvalue weighted by Crippen LogP contribution is 2.32. The molecule has 0 radical (unpaired) electrons. The molecule has 0 spiro atoms. The summed E-state index contributed by atoms with van der Waals surface area (Å²) in [6.45, 7) is 3.30. The second kappa shape index (κ2) is 7.28. The lowest BCUT2D eigenvalue weighted by Gasteiger charge is -2.08. The zero-order valence-electron chi connectivity index (χ0n) is 14.8. The van der Waals surface area contributed by atoms with E-state index in [1.807, 2.05) is 6.92 Å². The molecule has 7 nitrogen and oxygen atoms in total. The van der Waals surface area contributed by atoms with Gasteiger partial charge < -0.3 is 10.1 Å². The first-order valence-electron chi connectivity index (χ1n) is 7.94. The smallest absolute Gasteiger partial charge is 0.341 e. The molecular weight excluding hydrogens is 373 g/mol. The zero-order valence-corrected chi connectivity index (χ0v) is 15.6. The zero-order chi connectivity index (χ0) is 19.7. The Hall–Kier alpha value is -3.07. The lowest BCUT2D eigenvalue weighted by atomic mass is 10.1. The van der Waals surface area contributed by atoms with Crippen LogP contribution in [0.2, 0.25) is 0 Å². The van der Waals surface area contributed by atoms with Gasteiger partial charge in [0.15, 0.2) is 0 Å². The number of nitrogens with zero attached hydrogens (tertiary/aromatic N) is 2. The molecule has 1 amide bonds. The Bertz CT molecular complexity index is 1120. The van der Waals surface area contributed by atoms with E-state index in [2.05, 4.69) is 10.3 Å². The number of hydrogen-bond donors (Lipinski definition) is 1. The molecule has 1 aromatic carbocycles. The molecule has 3 rings (SSSR count). The molecule has 0 fully saturated rings. The molecule has 0 atom stereocenters. The van der Waals surface area contributed by atoms with Crippen molar-refractivity contribution in [3.8, 4) is 0 Å². The molecule has 0 unspecified atom stereocenters. The first-order chi connectivity index (χ1) is 12.8. The topological polar surface area (TPSA) is 90.3 Å². The first-order valence-corrected chi connectivity index (χ1v) is 8.76. The van der Waals surface area contributed by atoms with Gasteiger partial charge in [0.1, 0.15) is 17.4 Å². The number of aromatic nitrogens is 2. The van der Waals surface area contributed by atoms with Crippen molar-refractivity contribution >= 4 is 39.1 Å². The quantitative estimate of drug-likeness (QED) is 0.693. The van der Waals surface area contributed by atoms with Crippen LogP contribution >= 0.6 is 11.3 Å². The van der Waals surface area contributed by atoms with Crippen LogP contribution in [0.5, 0.6) is 0 Å². The number of thiophene rings is 1. The number of nitrogens with one attached hydrogen (secondary N) is 1. The molecule has 9 heteroatoms. The number of aryl methyl sites for hydroxylation is 1. The summed E-state index contributed by atoms with van der Waals surface area (Å²) in [5.41, 5.74) is 0.789. The first kappa shape index (κ1) is 18.7. The van der Waals surface area contributed by atoms with Gasteiger partial charge in [-0.1, -0.05) is 0 Å². The molecule has 2 heterocycles. The lowest BCUT2D eigenvalue weighted by molar-refractivity contribution is -0.116. The Morgan fingerprint density at radius 3 is 2.78 bits per heavy atom. The van der Waals surface area contributed by atoms with E-state index in [9.17, 15) is 18.8 Å². The van der Waals surface area contributed by atoms with Crippen LogP contribution in [0.15, 0.2) is 29.3 Å². The minimum Gasteiger partial charge on any atom is -0.465 e. The van der Waals surface area contributed by atoms with E-state index in [1.54, 1.807) is 6.92 Å². The average Bonchev–Trinajstić information content (AvgIpc) is 2.90. The number of esters is 1. The largest absolute Gasteiger partial charge is 0.465 e. The monoisotopic (exact) mass is 389 g/mol. The minimum atomic E-state index is -0.543. The Morgan fingerprint density at radius 1 is 1.33 bits per heavy atom. The average molecular weight is 389 g/mol. The Kier molecular flexibility index (Phi) is 5.04. The van der Waals surface area contributed by atoms with Crippen LogP contribution in [-0.2, 0) is 16.1 Å². The Labute approximate surface area is 157 Å². The fraction of sp³-hybridized carbons (Fsp3) is 0.222. The van der Waals surface area contributed by atoms with Crippen LogP contribution in [0.1, 0.15) is 20.8 Å². The predicted octanol–water partition coefficient (Wildman–Crippen LogP) is 2.64. The number of rotatable bonds is 4. The summed E-state index contributed by atoms with van der Waals surface area (Å²) in [5, 5.41) is 3.23. The third-order valence-electron chi connectivity index (χ3n) is 4.13. The summed E-state index contributed by atoms with van der Waals surface area (Å²) in [6, 6.07) is 3.65. The minimum absolute atomic E-state index is 0.213. The van der Waals surface area contributed by atoms with E-state index in [4.69, 9.17) is 4.74 Å². The molecule has 0 aliphatic rings. The van der Waals surface area contributed by atoms with Gasteiger partial charge in [0.2, 0.25) is 5.91 Å². The van der Waals surface area contributed by atoms with Crippen molar-refractivity contribution in [1.29, 1.82) is 0 Å². The number of ether oxygens (including phenoxy) is 1. The second-order valence-corrected chi connectivity index (χ2v) is 7.09. The number of methoxy groups -OCH3 is 1. The van der Waals surface area contributed by atoms with Gasteiger partial charge >= 0.3 is 5.97 Å². The van der Waals surface area contributed by atoms with Gasteiger partial charge in [-0.05, 0) is 31.5 Å². The van der Waals surface area contributed by atoms with Crippen molar-refractivity contribution in [3.05, 3.63) is 56.7 Å². The second-order valence-electron chi connectivity index (χ2n) is 5.87. The van der Waals surface area contributed by atoms with E-state index in [0.717, 1.165) is 27.1 Å². The van der Waals surface area contributed by atoms with Crippen LogP contribution in [-0.4, -0.2) is 28.5 Å². The van der Waals surface area contributed by atoms with Gasteiger partial charge in [-0.15, -0.1) is 11.3 Å². The number of anilines is 1. The molecule has 0 bridgehead atoms. The van der Waals surface area contributed by atoms with Crippen LogP contribution < -0.4 is 10.9 Å². The molecule has 140 valence electrons. The molecule has 0 saturated heterocycles. The Morgan fingerprint density at radius 2 is 2.07 bits per heavy atom. The normalized spacial score (nSPS) is 10.8. The van der Waals surface area contributed by atoms with Gasteiger partial charge in [0, 0.05) is 10.9 Å². The van der Waals surface area contributed by atoms with Gasteiger partial charge in [0.05, 0.1) is 29.9 Å². The molecule has 3 aromatic rings. The van der Waals surface area contributed by atoms with Crippen molar-refractivity contribution < 1.29 is 18.7 Å². The molecule has 2 aromatic heterocycles. The molecule has 0 saturated carbocycles. The third kappa shape index (κ3) is 3.59. The number of benzene rings is 1. The maximum absolute atomic E-state index is 13.2. The SMILES string of the molecule is COC(=O)c1c(NC(=O)Cn2cnc3cc(F)ccc3c2=O)sc(C)c1C. The summed E-state index contributed by atoms with van der Waals surface area (Å²) in [7, 11) is 1.27. The van der Waals surface area contributed by atoms with Crippen LogP contribution in [0.4, 0.5) is 9.39 Å². The predicted molar refractivity (Wildman–Crippen MR) is 99.7 cm³/mol. The number of amides is 1. The maximum Gasteiger partial charge on any atom is 0.341 e. The fourth-order valence-electron chi connectivity index (χ4n) is 2.63. The van der Waals surface area contributed by atoms with Gasteiger partial charge in [0.25, 0.3) is 5.56 Å². The molecular formula is C18H16FN3O4S. The lowest BCUT2D eigenvalue weighted by Crippen LogP contribution is -2.28. The van der Waals surface area contributed by atoms with Crippen molar-refractivity contribution in [2.75, 3.05) is 12.4 Å². The van der Waals surface area contributed by atoms with Crippen molar-refractivity contribution in [2.24, 2.45) is 0 Å². The van der Waals surface area contributed by atoms with E-state index < -0.39 is 23.3 Å². The molecule has 1 N–H and O–H groups in total. The maximum atomic E-state index is 13.2. The van der Waals surface area contributed by atoms with E-state index in [1.165, 1.54) is 30.8 Å². The fourth-order valence-corrected chi connectivity index (χ4v) is 3.69. The van der Waals surface area contributed by atoms with Gasteiger partial charge in [-0.3, -0.25) is 14.2 Å². The Balaban J connectivity index is 1.87. The van der Waals surface area contributed by atoms with Gasteiger partial charge in [-0.2, -0.15) is 0 Å². The number of halogens is 1.